The number of aryl methyl sites for hydroxylation is 1. The lowest BCUT2D eigenvalue weighted by Crippen LogP contribution is -2.36. The van der Waals surface area contributed by atoms with Crippen molar-refractivity contribution in [2.24, 2.45) is 0 Å². The Morgan fingerprint density at radius 2 is 1.42 bits per heavy atom. The average Bonchev–Trinajstić information content (AvgIpc) is 2.57. The Kier molecular flexibility index (Phi) is 4.30. The van der Waals surface area contributed by atoms with Crippen LogP contribution in [-0.4, -0.2) is 16.9 Å². The number of carboxylic acids is 1. The van der Waals surface area contributed by atoms with Gasteiger partial charge < -0.3 is 5.11 Å². The Morgan fingerprint density at radius 1 is 0.885 bits per heavy atom. The van der Waals surface area contributed by atoms with Crippen LogP contribution in [0, 0.1) is 6.92 Å². The van der Waals surface area contributed by atoms with Gasteiger partial charge in [0.15, 0.2) is 5.78 Å². The minimum absolute atomic E-state index is 0.0346. The number of ketones is 1. The molecule has 0 bridgehead atoms. The van der Waals surface area contributed by atoms with Gasteiger partial charge in [-0.15, -0.1) is 0 Å². The number of fused-ring (bicyclic) bond motifs is 1. The maximum atomic E-state index is 13.3. The molecule has 0 aliphatic heterocycles. The van der Waals surface area contributed by atoms with E-state index in [1.165, 1.54) is 17.7 Å². The summed E-state index contributed by atoms with van der Waals surface area (Å²) in [5, 5.41) is 9.07. The molecule has 0 amide bonds. The fraction of sp³-hybridized carbons (Fsp3) is 0.391. The fourth-order valence-electron chi connectivity index (χ4n) is 4.03. The molecule has 0 saturated carbocycles. The molecule has 0 unspecified atom stereocenters. The molecule has 3 rings (SSSR count). The van der Waals surface area contributed by atoms with E-state index in [1.54, 1.807) is 12.1 Å². The van der Waals surface area contributed by atoms with Crippen LogP contribution < -0.4 is 0 Å². The molecule has 0 saturated heterocycles. The van der Waals surface area contributed by atoms with Crippen LogP contribution in [0.4, 0.5) is 0 Å². The minimum Gasteiger partial charge on any atom is -0.478 e. The Balaban J connectivity index is 2.18. The normalized spacial score (nSPS) is 17.4. The van der Waals surface area contributed by atoms with Gasteiger partial charge in [-0.25, -0.2) is 4.79 Å². The van der Waals surface area contributed by atoms with Crippen molar-refractivity contribution in [3.63, 3.8) is 0 Å². The third-order valence-electron chi connectivity index (χ3n) is 5.70. The number of carbonyl (C=O) groups is 2. The van der Waals surface area contributed by atoms with Gasteiger partial charge in [0.25, 0.3) is 0 Å². The molecule has 2 aromatic rings. The van der Waals surface area contributed by atoms with Crippen LogP contribution in [-0.2, 0) is 10.8 Å². The predicted octanol–water partition coefficient (Wildman–Crippen LogP) is 5.27. The first-order valence-electron chi connectivity index (χ1n) is 9.07. The zero-order valence-corrected chi connectivity index (χ0v) is 16.1. The summed E-state index contributed by atoms with van der Waals surface area (Å²) < 4.78 is 0. The molecule has 0 spiro atoms. The highest BCUT2D eigenvalue weighted by Gasteiger charge is 2.39. The molecule has 1 N–H and O–H groups in total. The molecule has 1 aliphatic carbocycles. The molecule has 1 aliphatic rings. The van der Waals surface area contributed by atoms with Gasteiger partial charge in [0.2, 0.25) is 0 Å². The summed E-state index contributed by atoms with van der Waals surface area (Å²) in [6, 6.07) is 10.4. The van der Waals surface area contributed by atoms with Crippen LogP contribution in [0.15, 0.2) is 36.4 Å². The summed E-state index contributed by atoms with van der Waals surface area (Å²) in [5.41, 5.74) is 4.94. The molecular formula is C23H26O3. The van der Waals surface area contributed by atoms with Crippen molar-refractivity contribution >= 4 is 11.8 Å². The Labute approximate surface area is 155 Å². The first-order valence-corrected chi connectivity index (χ1v) is 9.07. The zero-order chi connectivity index (χ0) is 19.3. The van der Waals surface area contributed by atoms with Gasteiger partial charge in [-0.1, -0.05) is 51.5 Å². The van der Waals surface area contributed by atoms with Gasteiger partial charge in [-0.3, -0.25) is 4.79 Å². The number of hydrogen-bond acceptors (Lipinski definition) is 2. The van der Waals surface area contributed by atoms with E-state index in [0.29, 0.717) is 5.56 Å². The molecule has 3 heteroatoms. The SMILES string of the molecule is Cc1cc(C(=O)c2ccc(C(=O)O)cc2)c2c(c1)C(C)(C)CCC2(C)C. The monoisotopic (exact) mass is 350 g/mol. The van der Waals surface area contributed by atoms with E-state index in [4.69, 9.17) is 5.11 Å². The topological polar surface area (TPSA) is 54.4 Å². The third-order valence-corrected chi connectivity index (χ3v) is 5.70. The second-order valence-corrected chi connectivity index (χ2v) is 8.71. The molecule has 26 heavy (non-hydrogen) atoms. The second kappa shape index (κ2) is 6.08. The molecular weight excluding hydrogens is 324 g/mol. The predicted molar refractivity (Wildman–Crippen MR) is 103 cm³/mol. The van der Waals surface area contributed by atoms with Crippen LogP contribution >= 0.6 is 0 Å². The van der Waals surface area contributed by atoms with Gasteiger partial charge in [0.1, 0.15) is 0 Å². The molecule has 3 nitrogen and oxygen atoms in total. The summed E-state index contributed by atoms with van der Waals surface area (Å²) in [6.07, 6.45) is 2.13. The van der Waals surface area contributed by atoms with E-state index in [1.807, 2.05) is 13.0 Å². The highest BCUT2D eigenvalue weighted by Crippen LogP contribution is 2.47. The van der Waals surface area contributed by atoms with E-state index >= 15 is 0 Å². The summed E-state index contributed by atoms with van der Waals surface area (Å²) in [4.78, 5) is 24.4. The Bertz CT molecular complexity index is 886. The molecule has 0 aromatic heterocycles. The number of aromatic carboxylic acids is 1. The number of rotatable bonds is 3. The number of carbonyl (C=O) groups excluding carboxylic acids is 1. The summed E-state index contributed by atoms with van der Waals surface area (Å²) in [6.45, 7) is 10.9. The lowest BCUT2D eigenvalue weighted by Gasteiger charge is -2.43. The van der Waals surface area contributed by atoms with Crippen molar-refractivity contribution in [3.05, 3.63) is 69.8 Å². The maximum absolute atomic E-state index is 13.3. The van der Waals surface area contributed by atoms with Crippen molar-refractivity contribution in [1.29, 1.82) is 0 Å². The van der Waals surface area contributed by atoms with E-state index in [9.17, 15) is 9.59 Å². The lowest BCUT2D eigenvalue weighted by atomic mass is 9.61. The zero-order valence-electron chi connectivity index (χ0n) is 16.1. The van der Waals surface area contributed by atoms with Crippen LogP contribution in [0.1, 0.15) is 83.5 Å². The van der Waals surface area contributed by atoms with Crippen molar-refractivity contribution in [2.75, 3.05) is 0 Å². The first-order chi connectivity index (χ1) is 12.0. The van der Waals surface area contributed by atoms with Crippen molar-refractivity contribution < 1.29 is 14.7 Å². The molecule has 0 radical (unpaired) electrons. The summed E-state index contributed by atoms with van der Waals surface area (Å²) >= 11 is 0. The van der Waals surface area contributed by atoms with Crippen molar-refractivity contribution in [1.82, 2.24) is 0 Å². The molecule has 0 heterocycles. The lowest BCUT2D eigenvalue weighted by molar-refractivity contribution is 0.0696. The van der Waals surface area contributed by atoms with Gasteiger partial charge in [0.05, 0.1) is 5.56 Å². The molecule has 0 fully saturated rings. The van der Waals surface area contributed by atoms with Gasteiger partial charge in [-0.2, -0.15) is 0 Å². The Hall–Kier alpha value is -2.42. The summed E-state index contributed by atoms with van der Waals surface area (Å²) in [7, 11) is 0. The first kappa shape index (κ1) is 18.4. The van der Waals surface area contributed by atoms with Gasteiger partial charge in [-0.05, 0) is 59.9 Å². The van der Waals surface area contributed by atoms with Gasteiger partial charge in [0, 0.05) is 11.1 Å². The largest absolute Gasteiger partial charge is 0.478 e. The van der Waals surface area contributed by atoms with E-state index in [0.717, 1.165) is 29.5 Å². The van der Waals surface area contributed by atoms with Gasteiger partial charge >= 0.3 is 5.97 Å². The molecule has 136 valence electrons. The van der Waals surface area contributed by atoms with Crippen LogP contribution in [0.3, 0.4) is 0 Å². The number of benzene rings is 2. The van der Waals surface area contributed by atoms with Crippen LogP contribution in [0.5, 0.6) is 0 Å². The Morgan fingerprint density at radius 3 is 2.00 bits per heavy atom. The minimum atomic E-state index is -0.986. The smallest absolute Gasteiger partial charge is 0.335 e. The number of carboxylic acid groups (broad SMARTS) is 1. The third kappa shape index (κ3) is 3.07. The van der Waals surface area contributed by atoms with E-state index < -0.39 is 5.97 Å². The highest BCUT2D eigenvalue weighted by molar-refractivity contribution is 6.10. The maximum Gasteiger partial charge on any atom is 0.335 e. The molecule has 2 aromatic carbocycles. The van der Waals surface area contributed by atoms with Crippen LogP contribution in [0.2, 0.25) is 0 Å². The van der Waals surface area contributed by atoms with Crippen LogP contribution in [0.25, 0.3) is 0 Å². The molecule has 0 atom stereocenters. The fourth-order valence-corrected chi connectivity index (χ4v) is 4.03. The average molecular weight is 350 g/mol. The number of hydrogen-bond donors (Lipinski definition) is 1. The van der Waals surface area contributed by atoms with Crippen molar-refractivity contribution in [2.45, 2.75) is 58.3 Å². The van der Waals surface area contributed by atoms with Crippen molar-refractivity contribution in [3.8, 4) is 0 Å². The quantitative estimate of drug-likeness (QED) is 0.767. The van der Waals surface area contributed by atoms with E-state index in [2.05, 4.69) is 33.8 Å². The highest BCUT2D eigenvalue weighted by atomic mass is 16.4. The standard InChI is InChI=1S/C23H26O3/c1-14-12-17(20(24)15-6-8-16(9-7-15)21(25)26)19-18(13-14)22(2,3)10-11-23(19,4)5/h6-9,12-13H,10-11H2,1-5H3,(H,25,26). The van der Waals surface area contributed by atoms with E-state index in [-0.39, 0.29) is 22.2 Å². The second-order valence-electron chi connectivity index (χ2n) is 8.71. The summed E-state index contributed by atoms with van der Waals surface area (Å²) in [5.74, 6) is -1.02.